The molecule has 11 heteroatoms. The van der Waals surface area contributed by atoms with Crippen LogP contribution in [0.5, 0.6) is 0 Å². The molecule has 2 amide bonds. The molecule has 0 spiro atoms. The molecule has 1 aromatic heterocycles. The minimum Gasteiger partial charge on any atom is -0.372 e. The fraction of sp³-hybridized carbons (Fsp3) is 0.421. The number of carbonyl (C=O) groups is 2. The van der Waals surface area contributed by atoms with Crippen LogP contribution in [0.1, 0.15) is 19.4 Å². The summed E-state index contributed by atoms with van der Waals surface area (Å²) in [4.78, 5) is 25.9. The Hall–Kier alpha value is -2.75. The van der Waals surface area contributed by atoms with Crippen LogP contribution in [0.15, 0.2) is 30.6 Å². The zero-order valence-corrected chi connectivity index (χ0v) is 17.7. The first kappa shape index (κ1) is 23.5. The van der Waals surface area contributed by atoms with E-state index in [9.17, 15) is 22.8 Å². The fourth-order valence-corrected chi connectivity index (χ4v) is 2.76. The van der Waals surface area contributed by atoms with Crippen LogP contribution in [0.3, 0.4) is 0 Å². The predicted octanol–water partition coefficient (Wildman–Crippen LogP) is 3.72. The van der Waals surface area contributed by atoms with Crippen LogP contribution >= 0.6 is 11.6 Å². The van der Waals surface area contributed by atoms with Gasteiger partial charge in [0.15, 0.2) is 0 Å². The average molecular weight is 446 g/mol. The lowest BCUT2D eigenvalue weighted by Crippen LogP contribution is -2.38. The van der Waals surface area contributed by atoms with E-state index >= 15 is 0 Å². The van der Waals surface area contributed by atoms with Gasteiger partial charge in [-0.2, -0.15) is 18.3 Å². The van der Waals surface area contributed by atoms with E-state index in [2.05, 4.69) is 15.7 Å². The number of nitrogens with zero attached hydrogens (tertiary/aromatic N) is 3. The third-order valence-corrected chi connectivity index (χ3v) is 4.57. The second kappa shape index (κ2) is 9.38. The highest BCUT2D eigenvalue weighted by Gasteiger charge is 2.31. The first-order valence-electron chi connectivity index (χ1n) is 9.05. The standard InChI is InChI=1S/C19H23ClF3N5O2/c1-11(2)17(26-15-6-5-12(7-14(15)20)19(21,22)23)18(30)25-13-8-24-28(9-13)10-16(29)27(3)4/h5-9,11,17,26H,10H2,1-4H3,(H,25,30)/t17-/m0/s1. The Balaban J connectivity index is 2.11. The number of amides is 2. The van der Waals surface area contributed by atoms with E-state index in [-0.39, 0.29) is 29.1 Å². The van der Waals surface area contributed by atoms with Crippen molar-refractivity contribution in [3.05, 3.63) is 41.2 Å². The summed E-state index contributed by atoms with van der Waals surface area (Å²) in [5, 5.41) is 9.48. The van der Waals surface area contributed by atoms with Crippen LogP contribution in [0, 0.1) is 5.92 Å². The first-order chi connectivity index (χ1) is 13.9. The first-order valence-corrected chi connectivity index (χ1v) is 9.43. The zero-order valence-electron chi connectivity index (χ0n) is 16.9. The minimum atomic E-state index is -4.51. The van der Waals surface area contributed by atoms with E-state index in [1.165, 1.54) is 28.0 Å². The molecule has 2 rings (SSSR count). The van der Waals surface area contributed by atoms with Gasteiger partial charge in [-0.15, -0.1) is 0 Å². The summed E-state index contributed by atoms with van der Waals surface area (Å²) in [6.07, 6.45) is -1.59. The minimum absolute atomic E-state index is 0.0237. The number of hydrogen-bond acceptors (Lipinski definition) is 4. The molecule has 0 bridgehead atoms. The molecular weight excluding hydrogens is 423 g/mol. The molecule has 0 saturated carbocycles. The highest BCUT2D eigenvalue weighted by atomic mass is 35.5. The number of hydrogen-bond donors (Lipinski definition) is 2. The van der Waals surface area contributed by atoms with E-state index in [0.29, 0.717) is 5.69 Å². The van der Waals surface area contributed by atoms with Gasteiger partial charge in [0.2, 0.25) is 11.8 Å². The molecule has 7 nitrogen and oxygen atoms in total. The summed E-state index contributed by atoms with van der Waals surface area (Å²) in [6.45, 7) is 3.60. The number of likely N-dealkylation sites (N-methyl/N-ethyl adjacent to an activating group) is 1. The topological polar surface area (TPSA) is 79.3 Å². The highest BCUT2D eigenvalue weighted by Crippen LogP contribution is 2.34. The molecule has 0 aliphatic carbocycles. The van der Waals surface area contributed by atoms with Gasteiger partial charge in [0.25, 0.3) is 0 Å². The van der Waals surface area contributed by atoms with Crippen molar-refractivity contribution < 1.29 is 22.8 Å². The van der Waals surface area contributed by atoms with E-state index < -0.39 is 23.7 Å². The largest absolute Gasteiger partial charge is 0.416 e. The summed E-state index contributed by atoms with van der Waals surface area (Å²) < 4.78 is 39.8. The number of rotatable bonds is 7. The highest BCUT2D eigenvalue weighted by molar-refractivity contribution is 6.33. The van der Waals surface area contributed by atoms with Crippen LogP contribution in [0.4, 0.5) is 24.5 Å². The van der Waals surface area contributed by atoms with Gasteiger partial charge in [-0.3, -0.25) is 14.3 Å². The third kappa shape index (κ3) is 6.12. The normalized spacial score (nSPS) is 12.6. The second-order valence-electron chi connectivity index (χ2n) is 7.26. The lowest BCUT2D eigenvalue weighted by molar-refractivity contribution is -0.137. The molecule has 1 atom stereocenters. The smallest absolute Gasteiger partial charge is 0.372 e. The van der Waals surface area contributed by atoms with Crippen LogP contribution < -0.4 is 10.6 Å². The molecule has 1 heterocycles. The van der Waals surface area contributed by atoms with Gasteiger partial charge in [0, 0.05) is 20.3 Å². The Morgan fingerprint density at radius 1 is 1.27 bits per heavy atom. The van der Waals surface area contributed by atoms with Crippen molar-refractivity contribution in [2.24, 2.45) is 5.92 Å². The zero-order chi connectivity index (χ0) is 22.6. The summed E-state index contributed by atoms with van der Waals surface area (Å²) >= 11 is 5.98. The van der Waals surface area contributed by atoms with Gasteiger partial charge in [-0.1, -0.05) is 25.4 Å². The Bertz CT molecular complexity index is 912. The van der Waals surface area contributed by atoms with E-state index in [1.54, 1.807) is 27.9 Å². The summed E-state index contributed by atoms with van der Waals surface area (Å²) in [5.74, 6) is -0.775. The molecule has 1 aromatic carbocycles. The molecule has 30 heavy (non-hydrogen) atoms. The van der Waals surface area contributed by atoms with Gasteiger partial charge in [0.05, 0.1) is 28.2 Å². The van der Waals surface area contributed by atoms with Crippen LogP contribution in [-0.2, 0) is 22.3 Å². The average Bonchev–Trinajstić information content (AvgIpc) is 3.05. The van der Waals surface area contributed by atoms with E-state index in [4.69, 9.17) is 11.6 Å². The Morgan fingerprint density at radius 2 is 1.93 bits per heavy atom. The predicted molar refractivity (Wildman–Crippen MR) is 108 cm³/mol. The molecule has 2 N–H and O–H groups in total. The van der Waals surface area contributed by atoms with Crippen molar-refractivity contribution in [3.8, 4) is 0 Å². The summed E-state index contributed by atoms with van der Waals surface area (Å²) in [7, 11) is 3.25. The van der Waals surface area contributed by atoms with Crippen molar-refractivity contribution >= 4 is 34.8 Å². The number of aromatic nitrogens is 2. The quantitative estimate of drug-likeness (QED) is 0.680. The Labute approximate surface area is 177 Å². The molecule has 2 aromatic rings. The number of halogens is 4. The van der Waals surface area contributed by atoms with Crippen molar-refractivity contribution in [3.63, 3.8) is 0 Å². The Kier molecular flexibility index (Phi) is 7.35. The lowest BCUT2D eigenvalue weighted by atomic mass is 10.0. The maximum Gasteiger partial charge on any atom is 0.416 e. The number of anilines is 2. The molecular formula is C19H23ClF3N5O2. The van der Waals surface area contributed by atoms with Crippen molar-refractivity contribution in [1.29, 1.82) is 0 Å². The van der Waals surface area contributed by atoms with Crippen LogP contribution in [0.25, 0.3) is 0 Å². The van der Waals surface area contributed by atoms with Gasteiger partial charge in [-0.05, 0) is 24.1 Å². The molecule has 0 aliphatic rings. The third-order valence-electron chi connectivity index (χ3n) is 4.25. The van der Waals surface area contributed by atoms with Crippen molar-refractivity contribution in [2.45, 2.75) is 32.6 Å². The Morgan fingerprint density at radius 3 is 2.47 bits per heavy atom. The van der Waals surface area contributed by atoms with E-state index in [1.807, 2.05) is 0 Å². The van der Waals surface area contributed by atoms with Crippen LogP contribution in [-0.4, -0.2) is 46.6 Å². The fourth-order valence-electron chi connectivity index (χ4n) is 2.53. The lowest BCUT2D eigenvalue weighted by Gasteiger charge is -2.23. The molecule has 164 valence electrons. The second-order valence-corrected chi connectivity index (χ2v) is 7.67. The number of nitrogens with one attached hydrogen (secondary N) is 2. The van der Waals surface area contributed by atoms with E-state index in [0.717, 1.165) is 12.1 Å². The van der Waals surface area contributed by atoms with Crippen LogP contribution in [0.2, 0.25) is 5.02 Å². The summed E-state index contributed by atoms with van der Waals surface area (Å²) in [5.41, 5.74) is -0.272. The van der Waals surface area contributed by atoms with Gasteiger partial charge >= 0.3 is 6.18 Å². The SMILES string of the molecule is CC(C)[C@H](Nc1ccc(C(F)(F)F)cc1Cl)C(=O)Nc1cnn(CC(=O)N(C)C)c1. The summed E-state index contributed by atoms with van der Waals surface area (Å²) in [6, 6.07) is 2.13. The molecule has 0 radical (unpaired) electrons. The maximum atomic E-state index is 12.8. The number of alkyl halides is 3. The van der Waals surface area contributed by atoms with Gasteiger partial charge in [0.1, 0.15) is 12.6 Å². The maximum absolute atomic E-state index is 12.8. The molecule has 0 aliphatic heterocycles. The molecule has 0 fully saturated rings. The monoisotopic (exact) mass is 445 g/mol. The van der Waals surface area contributed by atoms with Crippen molar-refractivity contribution in [2.75, 3.05) is 24.7 Å². The molecule has 0 saturated heterocycles. The molecule has 0 unspecified atom stereocenters. The van der Waals surface area contributed by atoms with Gasteiger partial charge < -0.3 is 15.5 Å². The number of benzene rings is 1. The van der Waals surface area contributed by atoms with Crippen molar-refractivity contribution in [1.82, 2.24) is 14.7 Å². The number of carbonyl (C=O) groups excluding carboxylic acids is 2. The van der Waals surface area contributed by atoms with Gasteiger partial charge in [-0.25, -0.2) is 0 Å².